The molecule has 1 amide bonds. The Bertz CT molecular complexity index is 311. The minimum atomic E-state index is -0.210. The SMILES string of the molecule is CCOCCCNC(=O)c1cn[nH]c1N. The molecule has 84 valence electrons. The molecule has 15 heavy (non-hydrogen) atoms. The Balaban J connectivity index is 2.22. The first kappa shape index (κ1) is 11.5. The van der Waals surface area contributed by atoms with Gasteiger partial charge >= 0.3 is 0 Å². The van der Waals surface area contributed by atoms with Gasteiger partial charge in [-0.25, -0.2) is 0 Å². The average Bonchev–Trinajstić information content (AvgIpc) is 2.64. The first-order valence-electron chi connectivity index (χ1n) is 4.90. The van der Waals surface area contributed by atoms with E-state index in [0.717, 1.165) is 6.42 Å². The maximum absolute atomic E-state index is 11.5. The summed E-state index contributed by atoms with van der Waals surface area (Å²) >= 11 is 0. The Kier molecular flexibility index (Phi) is 4.62. The van der Waals surface area contributed by atoms with Gasteiger partial charge in [0.15, 0.2) is 0 Å². The zero-order valence-corrected chi connectivity index (χ0v) is 8.75. The predicted molar refractivity (Wildman–Crippen MR) is 56.4 cm³/mol. The molecule has 1 aromatic rings. The van der Waals surface area contributed by atoms with Crippen molar-refractivity contribution in [3.8, 4) is 0 Å². The third-order valence-corrected chi connectivity index (χ3v) is 1.87. The Hall–Kier alpha value is -1.56. The number of amides is 1. The lowest BCUT2D eigenvalue weighted by Crippen LogP contribution is -2.25. The maximum Gasteiger partial charge on any atom is 0.256 e. The molecule has 0 saturated carbocycles. The quantitative estimate of drug-likeness (QED) is 0.585. The fourth-order valence-corrected chi connectivity index (χ4v) is 1.09. The number of carbonyl (C=O) groups is 1. The molecule has 0 aromatic carbocycles. The van der Waals surface area contributed by atoms with Gasteiger partial charge in [-0.1, -0.05) is 0 Å². The summed E-state index contributed by atoms with van der Waals surface area (Å²) in [5.74, 6) is 0.0788. The maximum atomic E-state index is 11.5. The van der Waals surface area contributed by atoms with Gasteiger partial charge in [-0.3, -0.25) is 9.89 Å². The second-order valence-corrected chi connectivity index (χ2v) is 3.00. The van der Waals surface area contributed by atoms with Crippen molar-refractivity contribution in [2.75, 3.05) is 25.5 Å². The summed E-state index contributed by atoms with van der Waals surface area (Å²) < 4.78 is 5.14. The molecule has 0 radical (unpaired) electrons. The van der Waals surface area contributed by atoms with E-state index in [-0.39, 0.29) is 11.7 Å². The van der Waals surface area contributed by atoms with E-state index < -0.39 is 0 Å². The number of aromatic nitrogens is 2. The average molecular weight is 212 g/mol. The molecule has 0 spiro atoms. The minimum Gasteiger partial charge on any atom is -0.383 e. The number of H-pyrrole nitrogens is 1. The lowest BCUT2D eigenvalue weighted by atomic mass is 10.3. The van der Waals surface area contributed by atoms with Gasteiger partial charge in [0.2, 0.25) is 0 Å². The number of nitrogen functional groups attached to an aromatic ring is 1. The highest BCUT2D eigenvalue weighted by atomic mass is 16.5. The second-order valence-electron chi connectivity index (χ2n) is 3.00. The fourth-order valence-electron chi connectivity index (χ4n) is 1.09. The normalized spacial score (nSPS) is 10.2. The van der Waals surface area contributed by atoms with Gasteiger partial charge in [0.05, 0.1) is 6.20 Å². The zero-order chi connectivity index (χ0) is 11.1. The Morgan fingerprint density at radius 3 is 3.13 bits per heavy atom. The van der Waals surface area contributed by atoms with Gasteiger partial charge in [-0.05, 0) is 13.3 Å². The van der Waals surface area contributed by atoms with E-state index in [2.05, 4.69) is 15.5 Å². The predicted octanol–water partition coefficient (Wildman–Crippen LogP) is 0.148. The molecule has 1 rings (SSSR count). The van der Waals surface area contributed by atoms with Crippen LogP contribution >= 0.6 is 0 Å². The van der Waals surface area contributed by atoms with Crippen LogP contribution in [0.2, 0.25) is 0 Å². The number of carbonyl (C=O) groups excluding carboxylic acids is 1. The van der Waals surface area contributed by atoms with Crippen LogP contribution in [0.25, 0.3) is 0 Å². The number of hydrogen-bond donors (Lipinski definition) is 3. The first-order valence-corrected chi connectivity index (χ1v) is 4.90. The molecule has 0 saturated heterocycles. The summed E-state index contributed by atoms with van der Waals surface area (Å²) in [7, 11) is 0. The summed E-state index contributed by atoms with van der Waals surface area (Å²) in [4.78, 5) is 11.5. The number of nitrogens with two attached hydrogens (primary N) is 1. The summed E-state index contributed by atoms with van der Waals surface area (Å²) in [6.07, 6.45) is 2.20. The van der Waals surface area contributed by atoms with Gasteiger partial charge in [0, 0.05) is 19.8 Å². The Labute approximate surface area is 88.2 Å². The summed E-state index contributed by atoms with van der Waals surface area (Å²) in [5, 5.41) is 8.89. The van der Waals surface area contributed by atoms with Crippen molar-refractivity contribution in [2.24, 2.45) is 0 Å². The molecule has 0 aliphatic rings. The lowest BCUT2D eigenvalue weighted by molar-refractivity contribution is 0.0945. The van der Waals surface area contributed by atoms with Crippen LogP contribution in [0.3, 0.4) is 0 Å². The molecule has 6 nitrogen and oxygen atoms in total. The molecule has 0 aliphatic heterocycles. The molecule has 0 atom stereocenters. The molecule has 0 aliphatic carbocycles. The van der Waals surface area contributed by atoms with E-state index >= 15 is 0 Å². The van der Waals surface area contributed by atoms with Crippen LogP contribution in [0, 0.1) is 0 Å². The third-order valence-electron chi connectivity index (χ3n) is 1.87. The van der Waals surface area contributed by atoms with Gasteiger partial charge in [-0.15, -0.1) is 0 Å². The van der Waals surface area contributed by atoms with E-state index in [1.54, 1.807) is 0 Å². The highest BCUT2D eigenvalue weighted by Gasteiger charge is 2.09. The van der Waals surface area contributed by atoms with Crippen LogP contribution in [0.1, 0.15) is 23.7 Å². The largest absolute Gasteiger partial charge is 0.383 e. The monoisotopic (exact) mass is 212 g/mol. The van der Waals surface area contributed by atoms with Crippen molar-refractivity contribution in [1.29, 1.82) is 0 Å². The Morgan fingerprint density at radius 1 is 1.73 bits per heavy atom. The number of aromatic amines is 1. The highest BCUT2D eigenvalue weighted by Crippen LogP contribution is 2.04. The smallest absolute Gasteiger partial charge is 0.256 e. The number of hydrogen-bond acceptors (Lipinski definition) is 4. The third kappa shape index (κ3) is 3.59. The molecule has 6 heteroatoms. The van der Waals surface area contributed by atoms with E-state index in [1.165, 1.54) is 6.20 Å². The van der Waals surface area contributed by atoms with Gasteiger partial charge in [0.1, 0.15) is 11.4 Å². The summed E-state index contributed by atoms with van der Waals surface area (Å²) in [6.45, 7) is 3.86. The number of nitrogens with one attached hydrogen (secondary N) is 2. The van der Waals surface area contributed by atoms with Gasteiger partial charge in [-0.2, -0.15) is 5.10 Å². The number of anilines is 1. The van der Waals surface area contributed by atoms with E-state index in [0.29, 0.717) is 25.3 Å². The summed E-state index contributed by atoms with van der Waals surface area (Å²) in [5.41, 5.74) is 5.87. The van der Waals surface area contributed by atoms with Crippen molar-refractivity contribution in [2.45, 2.75) is 13.3 Å². The van der Waals surface area contributed by atoms with Crippen LogP contribution < -0.4 is 11.1 Å². The first-order chi connectivity index (χ1) is 7.25. The van der Waals surface area contributed by atoms with Crippen LogP contribution in [0.4, 0.5) is 5.82 Å². The molecule has 0 fully saturated rings. The molecule has 4 N–H and O–H groups in total. The van der Waals surface area contributed by atoms with E-state index in [1.807, 2.05) is 6.92 Å². The molecular formula is C9H16N4O2. The van der Waals surface area contributed by atoms with Crippen molar-refractivity contribution in [3.63, 3.8) is 0 Å². The lowest BCUT2D eigenvalue weighted by Gasteiger charge is -2.04. The van der Waals surface area contributed by atoms with Crippen LogP contribution in [0.5, 0.6) is 0 Å². The minimum absolute atomic E-state index is 0.210. The molecule has 1 aromatic heterocycles. The van der Waals surface area contributed by atoms with Crippen molar-refractivity contribution >= 4 is 11.7 Å². The topological polar surface area (TPSA) is 93.0 Å². The van der Waals surface area contributed by atoms with E-state index in [4.69, 9.17) is 10.5 Å². The van der Waals surface area contributed by atoms with Crippen LogP contribution in [-0.2, 0) is 4.74 Å². The van der Waals surface area contributed by atoms with Crippen molar-refractivity contribution in [3.05, 3.63) is 11.8 Å². The van der Waals surface area contributed by atoms with Gasteiger partial charge < -0.3 is 15.8 Å². The molecule has 0 unspecified atom stereocenters. The number of nitrogens with zero attached hydrogens (tertiary/aromatic N) is 1. The van der Waals surface area contributed by atoms with Gasteiger partial charge in [0.25, 0.3) is 5.91 Å². The standard InChI is InChI=1S/C9H16N4O2/c1-2-15-5-3-4-11-9(14)7-6-12-13-8(7)10/h6H,2-5H2,1H3,(H,11,14)(H3,10,12,13). The molecule has 0 bridgehead atoms. The zero-order valence-electron chi connectivity index (χ0n) is 8.75. The van der Waals surface area contributed by atoms with Crippen LogP contribution in [-0.4, -0.2) is 35.9 Å². The van der Waals surface area contributed by atoms with Crippen molar-refractivity contribution < 1.29 is 9.53 Å². The fraction of sp³-hybridized carbons (Fsp3) is 0.556. The van der Waals surface area contributed by atoms with Crippen LogP contribution in [0.15, 0.2) is 6.20 Å². The second kappa shape index (κ2) is 6.02. The molecule has 1 heterocycles. The summed E-state index contributed by atoms with van der Waals surface area (Å²) in [6, 6.07) is 0. The Morgan fingerprint density at radius 2 is 2.53 bits per heavy atom. The highest BCUT2D eigenvalue weighted by molar-refractivity contribution is 5.97. The van der Waals surface area contributed by atoms with E-state index in [9.17, 15) is 4.79 Å². The van der Waals surface area contributed by atoms with Crippen molar-refractivity contribution in [1.82, 2.24) is 15.5 Å². The number of ether oxygens (including phenoxy) is 1. The molecular weight excluding hydrogens is 196 g/mol. The number of rotatable bonds is 6.